The van der Waals surface area contributed by atoms with Crippen molar-refractivity contribution < 1.29 is 33.5 Å². The Morgan fingerprint density at radius 1 is 1.09 bits per heavy atom. The average Bonchev–Trinajstić information content (AvgIpc) is 2.90. The topological polar surface area (TPSA) is 123 Å². The van der Waals surface area contributed by atoms with E-state index in [4.69, 9.17) is 19.1 Å². The van der Waals surface area contributed by atoms with Crippen LogP contribution in [0.15, 0.2) is 23.8 Å². The zero-order valence-electron chi connectivity index (χ0n) is 27.4. The molecule has 2 aliphatic carbocycles. The molecular formula is C33H56N2O7Si. The van der Waals surface area contributed by atoms with E-state index in [0.717, 1.165) is 44.9 Å². The number of carbonyl (C=O) groups is 3. The highest BCUT2D eigenvalue weighted by Gasteiger charge is 2.44. The molecule has 0 saturated carbocycles. The summed E-state index contributed by atoms with van der Waals surface area (Å²) in [5.41, 5.74) is 2.89. The fraction of sp³-hybridized carbons (Fsp3) is 0.788. The second-order valence-corrected chi connectivity index (χ2v) is 19.2. The van der Waals surface area contributed by atoms with Gasteiger partial charge in [-0.05, 0) is 73.6 Å². The summed E-state index contributed by atoms with van der Waals surface area (Å²) in [5, 5.41) is 11.6. The fourth-order valence-electron chi connectivity index (χ4n) is 6.49. The van der Waals surface area contributed by atoms with Crippen LogP contribution in [0.5, 0.6) is 0 Å². The third-order valence-corrected chi connectivity index (χ3v) is 14.4. The van der Waals surface area contributed by atoms with Crippen molar-refractivity contribution in [2.24, 2.45) is 23.7 Å². The minimum Gasteiger partial charge on any atom is -0.462 e. The number of carbonyl (C=O) groups excluding carboxylic acids is 3. The average molecular weight is 621 g/mol. The normalized spacial score (nSPS) is 29.3. The van der Waals surface area contributed by atoms with E-state index in [0.29, 0.717) is 37.6 Å². The summed E-state index contributed by atoms with van der Waals surface area (Å²) < 4.78 is 18.5. The first kappa shape index (κ1) is 35.3. The van der Waals surface area contributed by atoms with Crippen LogP contribution in [0.25, 0.3) is 0 Å². The van der Waals surface area contributed by atoms with Crippen molar-refractivity contribution in [3.05, 3.63) is 23.8 Å². The molecule has 0 unspecified atom stereocenters. The van der Waals surface area contributed by atoms with Gasteiger partial charge in [-0.15, -0.1) is 0 Å². The van der Waals surface area contributed by atoms with E-state index in [2.05, 4.69) is 71.3 Å². The van der Waals surface area contributed by atoms with E-state index in [1.807, 2.05) is 0 Å². The second kappa shape index (κ2) is 15.7. The minimum atomic E-state index is -2.00. The van der Waals surface area contributed by atoms with E-state index >= 15 is 0 Å². The maximum atomic E-state index is 12.8. The lowest BCUT2D eigenvalue weighted by molar-refractivity contribution is -0.160. The SMILES string of the molecule is C[C@@H]1C=CC2=C[C@H](C)C[C@H](OC(=O)NCCCCCCC(=O)NO)[C@@H]2[C@H]1CC[C@@H]1C[C@@H](O[Si](C)(C)C(C)(C)C)CC(=O)O1. The van der Waals surface area contributed by atoms with Crippen LogP contribution in [0.3, 0.4) is 0 Å². The molecule has 3 aliphatic rings. The Balaban J connectivity index is 1.56. The lowest BCUT2D eigenvalue weighted by Gasteiger charge is -2.44. The number of hydroxylamine groups is 1. The number of amides is 2. The molecule has 3 N–H and O–H groups in total. The third-order valence-electron chi connectivity index (χ3n) is 9.89. The summed E-state index contributed by atoms with van der Waals surface area (Å²) in [6, 6.07) is 0. The van der Waals surface area contributed by atoms with Gasteiger partial charge in [0.15, 0.2) is 8.32 Å². The second-order valence-electron chi connectivity index (χ2n) is 14.5. The minimum absolute atomic E-state index is 0.0794. The number of esters is 1. The summed E-state index contributed by atoms with van der Waals surface area (Å²) in [5.74, 6) is 0.470. The van der Waals surface area contributed by atoms with Crippen molar-refractivity contribution >= 4 is 26.3 Å². The number of hydrogen-bond acceptors (Lipinski definition) is 7. The largest absolute Gasteiger partial charge is 0.462 e. The predicted molar refractivity (Wildman–Crippen MR) is 169 cm³/mol. The zero-order chi connectivity index (χ0) is 31.8. The highest BCUT2D eigenvalue weighted by Crippen LogP contribution is 2.45. The van der Waals surface area contributed by atoms with Crippen LogP contribution in [-0.2, 0) is 23.5 Å². The monoisotopic (exact) mass is 620 g/mol. The van der Waals surface area contributed by atoms with Crippen LogP contribution in [0.1, 0.15) is 98.8 Å². The number of ether oxygens (including phenoxy) is 2. The molecule has 1 fully saturated rings. The van der Waals surface area contributed by atoms with Gasteiger partial charge in [-0.25, -0.2) is 10.3 Å². The van der Waals surface area contributed by atoms with Gasteiger partial charge < -0.3 is 19.2 Å². The van der Waals surface area contributed by atoms with Crippen LogP contribution >= 0.6 is 0 Å². The summed E-state index contributed by atoms with van der Waals surface area (Å²) in [7, 11) is -2.00. The number of rotatable bonds is 13. The molecule has 10 heteroatoms. The first-order valence-corrected chi connectivity index (χ1v) is 19.3. The molecule has 0 aromatic heterocycles. The van der Waals surface area contributed by atoms with E-state index in [1.165, 1.54) is 5.57 Å². The number of hydrogen-bond donors (Lipinski definition) is 3. The maximum Gasteiger partial charge on any atom is 0.407 e. The Morgan fingerprint density at radius 3 is 2.51 bits per heavy atom. The summed E-state index contributed by atoms with van der Waals surface area (Å²) >= 11 is 0. The number of cyclic esters (lactones) is 1. The number of unbranched alkanes of at least 4 members (excludes halogenated alkanes) is 3. The molecule has 0 bridgehead atoms. The first-order valence-electron chi connectivity index (χ1n) is 16.3. The van der Waals surface area contributed by atoms with Crippen LogP contribution in [0.2, 0.25) is 18.1 Å². The summed E-state index contributed by atoms with van der Waals surface area (Å²) in [6.45, 7) is 16.0. The van der Waals surface area contributed by atoms with Gasteiger partial charge in [-0.3, -0.25) is 14.8 Å². The van der Waals surface area contributed by atoms with Crippen molar-refractivity contribution in [1.29, 1.82) is 0 Å². The molecule has 0 aromatic carbocycles. The fourth-order valence-corrected chi connectivity index (χ4v) is 7.86. The molecule has 244 valence electrons. The summed E-state index contributed by atoms with van der Waals surface area (Å²) in [4.78, 5) is 36.5. The number of alkyl carbamates (subject to hydrolysis) is 1. The van der Waals surface area contributed by atoms with Crippen molar-refractivity contribution in [2.75, 3.05) is 6.54 Å². The van der Waals surface area contributed by atoms with Crippen molar-refractivity contribution in [2.45, 2.75) is 135 Å². The molecule has 1 heterocycles. The Bertz CT molecular complexity index is 1020. The van der Waals surface area contributed by atoms with Crippen LogP contribution in [0, 0.1) is 23.7 Å². The van der Waals surface area contributed by atoms with E-state index < -0.39 is 8.32 Å². The zero-order valence-corrected chi connectivity index (χ0v) is 28.4. The molecular weight excluding hydrogens is 564 g/mol. The van der Waals surface area contributed by atoms with Crippen LogP contribution in [0.4, 0.5) is 4.79 Å². The molecule has 0 radical (unpaired) electrons. The van der Waals surface area contributed by atoms with Gasteiger partial charge >= 0.3 is 12.1 Å². The van der Waals surface area contributed by atoms with Gasteiger partial charge in [0.2, 0.25) is 5.91 Å². The smallest absolute Gasteiger partial charge is 0.407 e. The number of nitrogens with one attached hydrogen (secondary N) is 2. The van der Waals surface area contributed by atoms with Gasteiger partial charge in [-0.1, -0.05) is 65.7 Å². The predicted octanol–water partition coefficient (Wildman–Crippen LogP) is 6.82. The van der Waals surface area contributed by atoms with E-state index in [1.54, 1.807) is 5.48 Å². The van der Waals surface area contributed by atoms with Gasteiger partial charge in [0, 0.05) is 25.3 Å². The molecule has 0 aromatic rings. The third kappa shape index (κ3) is 10.5. The van der Waals surface area contributed by atoms with Crippen LogP contribution in [-0.4, -0.2) is 56.4 Å². The van der Waals surface area contributed by atoms with E-state index in [9.17, 15) is 14.4 Å². The lowest BCUT2D eigenvalue weighted by Crippen LogP contribution is -2.47. The number of fused-ring (bicyclic) bond motifs is 1. The molecule has 9 nitrogen and oxygen atoms in total. The first-order chi connectivity index (χ1) is 20.2. The van der Waals surface area contributed by atoms with Gasteiger partial charge in [0.1, 0.15) is 12.2 Å². The summed E-state index contributed by atoms with van der Waals surface area (Å²) in [6.07, 6.45) is 13.0. The Hall–Kier alpha value is -2.17. The van der Waals surface area contributed by atoms with E-state index in [-0.39, 0.29) is 53.2 Å². The molecule has 7 atom stereocenters. The lowest BCUT2D eigenvalue weighted by atomic mass is 9.65. The number of allylic oxidation sites excluding steroid dienone is 3. The molecule has 0 spiro atoms. The Labute approximate surface area is 259 Å². The highest BCUT2D eigenvalue weighted by molar-refractivity contribution is 6.74. The Morgan fingerprint density at radius 2 is 1.81 bits per heavy atom. The standard InChI is InChI=1S/C33H56N2O7Si/c1-22-18-24-14-13-23(2)27(16-15-25-20-26(21-30(37)40-25)42-43(6,7)33(3,4)5)31(24)28(19-22)41-32(38)34-17-11-9-8-10-12-29(36)35-39/h13-14,18,22-23,25-28,31,39H,8-12,15-17,19-21H2,1-7H3,(H,34,38)(H,35,36)/t22-,23+,25+,26+,27-,28-,31-/m0/s1. The van der Waals surface area contributed by atoms with Crippen LogP contribution < -0.4 is 10.8 Å². The Kier molecular flexibility index (Phi) is 12.9. The van der Waals surface area contributed by atoms with Crippen molar-refractivity contribution in [1.82, 2.24) is 10.8 Å². The quantitative estimate of drug-likeness (QED) is 0.0679. The highest BCUT2D eigenvalue weighted by atomic mass is 28.4. The van der Waals surface area contributed by atoms with Gasteiger partial charge in [-0.2, -0.15) is 0 Å². The maximum absolute atomic E-state index is 12.8. The molecule has 3 rings (SSSR count). The molecule has 1 saturated heterocycles. The molecule has 2 amide bonds. The van der Waals surface area contributed by atoms with Crippen molar-refractivity contribution in [3.63, 3.8) is 0 Å². The molecule has 43 heavy (non-hydrogen) atoms. The molecule has 1 aliphatic heterocycles. The van der Waals surface area contributed by atoms with Crippen molar-refractivity contribution in [3.8, 4) is 0 Å². The van der Waals surface area contributed by atoms with Gasteiger partial charge in [0.05, 0.1) is 12.5 Å². The van der Waals surface area contributed by atoms with Gasteiger partial charge in [0.25, 0.3) is 0 Å².